The third-order valence-electron chi connectivity index (χ3n) is 6.04. The van der Waals surface area contributed by atoms with Crippen LogP contribution in [0.1, 0.15) is 61.3 Å². The molecular formula is C19H26N2O2. The molecule has 1 heterocycles. The summed E-state index contributed by atoms with van der Waals surface area (Å²) < 4.78 is 0. The first-order valence-corrected chi connectivity index (χ1v) is 8.98. The molecule has 4 nitrogen and oxygen atoms in total. The quantitative estimate of drug-likeness (QED) is 0.837. The number of hydrogen-bond acceptors (Lipinski definition) is 2. The molecule has 0 aromatic heterocycles. The molecule has 2 amide bonds. The predicted molar refractivity (Wildman–Crippen MR) is 89.4 cm³/mol. The molecule has 124 valence electrons. The molecule has 4 unspecified atom stereocenters. The molecule has 23 heavy (non-hydrogen) atoms. The fraction of sp³-hybridized carbons (Fsp3) is 0.632. The van der Waals surface area contributed by atoms with Crippen molar-refractivity contribution in [3.05, 3.63) is 34.9 Å². The Labute approximate surface area is 137 Å². The van der Waals surface area contributed by atoms with Gasteiger partial charge in [0.25, 0.3) is 0 Å². The lowest BCUT2D eigenvalue weighted by molar-refractivity contribution is 0.0429. The molecule has 1 aliphatic heterocycles. The summed E-state index contributed by atoms with van der Waals surface area (Å²) in [5.74, 6) is 0.902. The van der Waals surface area contributed by atoms with E-state index in [-0.39, 0.29) is 18.0 Å². The number of aryl methyl sites for hydroxylation is 1. The van der Waals surface area contributed by atoms with Crippen LogP contribution in [-0.2, 0) is 6.42 Å². The van der Waals surface area contributed by atoms with Gasteiger partial charge < -0.3 is 15.3 Å². The lowest BCUT2D eigenvalue weighted by atomic mass is 9.84. The molecule has 1 aromatic carbocycles. The van der Waals surface area contributed by atoms with Gasteiger partial charge in [-0.15, -0.1) is 0 Å². The minimum atomic E-state index is -0.396. The van der Waals surface area contributed by atoms with Gasteiger partial charge >= 0.3 is 6.03 Å². The number of rotatable bonds is 1. The van der Waals surface area contributed by atoms with Gasteiger partial charge in [-0.1, -0.05) is 25.1 Å². The van der Waals surface area contributed by atoms with Gasteiger partial charge in [-0.25, -0.2) is 4.79 Å². The smallest absolute Gasteiger partial charge is 0.317 e. The van der Waals surface area contributed by atoms with Gasteiger partial charge in [-0.2, -0.15) is 0 Å². The summed E-state index contributed by atoms with van der Waals surface area (Å²) in [6.07, 6.45) is 5.20. The van der Waals surface area contributed by atoms with Gasteiger partial charge in [0, 0.05) is 13.1 Å². The largest absolute Gasteiger partial charge is 0.391 e. The van der Waals surface area contributed by atoms with Gasteiger partial charge in [0.05, 0.1) is 12.1 Å². The molecule has 0 spiro atoms. The number of nitrogens with zero attached hydrogens (tertiary/aromatic N) is 1. The van der Waals surface area contributed by atoms with Gasteiger partial charge in [-0.3, -0.25) is 0 Å². The highest BCUT2D eigenvalue weighted by Crippen LogP contribution is 2.47. The van der Waals surface area contributed by atoms with Crippen molar-refractivity contribution in [3.63, 3.8) is 0 Å². The van der Waals surface area contributed by atoms with Crippen molar-refractivity contribution in [1.29, 1.82) is 0 Å². The summed E-state index contributed by atoms with van der Waals surface area (Å²) >= 11 is 0. The van der Waals surface area contributed by atoms with E-state index in [0.717, 1.165) is 19.4 Å². The van der Waals surface area contributed by atoms with E-state index < -0.39 is 6.10 Å². The number of likely N-dealkylation sites (tertiary alicyclic amines) is 1. The van der Waals surface area contributed by atoms with Crippen molar-refractivity contribution in [2.45, 2.75) is 57.1 Å². The van der Waals surface area contributed by atoms with Crippen molar-refractivity contribution >= 4 is 6.03 Å². The Bertz CT molecular complexity index is 615. The summed E-state index contributed by atoms with van der Waals surface area (Å²) in [6, 6.07) is 6.68. The van der Waals surface area contributed by atoms with Crippen molar-refractivity contribution < 1.29 is 9.90 Å². The Balaban J connectivity index is 1.49. The molecule has 3 aliphatic rings. The lowest BCUT2D eigenvalue weighted by Gasteiger charge is -2.35. The van der Waals surface area contributed by atoms with Crippen LogP contribution in [0.4, 0.5) is 4.79 Å². The predicted octanol–water partition coefficient (Wildman–Crippen LogP) is 2.96. The number of amides is 2. The van der Waals surface area contributed by atoms with Crippen LogP contribution in [0.25, 0.3) is 0 Å². The third-order valence-corrected chi connectivity index (χ3v) is 6.04. The molecule has 1 fully saturated rings. The topological polar surface area (TPSA) is 52.6 Å². The Morgan fingerprint density at radius 1 is 1.35 bits per heavy atom. The van der Waals surface area contributed by atoms with Crippen LogP contribution in [0.3, 0.4) is 0 Å². The maximum atomic E-state index is 12.6. The summed E-state index contributed by atoms with van der Waals surface area (Å²) in [5.41, 5.74) is 4.32. The molecule has 2 aliphatic carbocycles. The fourth-order valence-corrected chi connectivity index (χ4v) is 4.59. The van der Waals surface area contributed by atoms with Gasteiger partial charge in [0.1, 0.15) is 0 Å². The minimum Gasteiger partial charge on any atom is -0.391 e. The number of piperidine rings is 1. The van der Waals surface area contributed by atoms with Crippen LogP contribution in [0.2, 0.25) is 0 Å². The first-order valence-electron chi connectivity index (χ1n) is 8.98. The van der Waals surface area contributed by atoms with Gasteiger partial charge in [-0.05, 0) is 60.6 Å². The average molecular weight is 314 g/mol. The summed E-state index contributed by atoms with van der Waals surface area (Å²) in [4.78, 5) is 14.4. The molecule has 0 saturated carbocycles. The summed E-state index contributed by atoms with van der Waals surface area (Å²) in [5, 5.41) is 13.3. The number of carbonyl (C=O) groups excluding carboxylic acids is 1. The molecule has 4 heteroatoms. The minimum absolute atomic E-state index is 0.0165. The van der Waals surface area contributed by atoms with Gasteiger partial charge in [0.15, 0.2) is 0 Å². The molecule has 4 atom stereocenters. The molecule has 1 aromatic rings. The van der Waals surface area contributed by atoms with Crippen molar-refractivity contribution in [2.75, 3.05) is 13.1 Å². The van der Waals surface area contributed by atoms with E-state index in [1.807, 2.05) is 0 Å². The van der Waals surface area contributed by atoms with E-state index in [1.54, 1.807) is 4.90 Å². The Morgan fingerprint density at radius 2 is 2.22 bits per heavy atom. The van der Waals surface area contributed by atoms with Crippen LogP contribution in [0, 0.1) is 5.92 Å². The first kappa shape index (κ1) is 15.0. The molecule has 0 bridgehead atoms. The maximum Gasteiger partial charge on any atom is 0.317 e. The monoisotopic (exact) mass is 314 g/mol. The second kappa shape index (κ2) is 5.82. The number of carbonyl (C=O) groups is 1. The van der Waals surface area contributed by atoms with Crippen molar-refractivity contribution in [3.8, 4) is 0 Å². The van der Waals surface area contributed by atoms with E-state index in [0.29, 0.717) is 12.5 Å². The standard InChI is InChI=1S/C19H26N2O2/c1-12-8-9-21(11-17(12)22)19(23)20-16-10-14-6-2-4-13-5-3-7-15(16)18(13)14/h3,5,7,12,14,16-17,22H,2,4,6,8-11H2,1H3,(H,20,23). The number of aliphatic hydroxyl groups excluding tert-OH is 1. The van der Waals surface area contributed by atoms with Crippen molar-refractivity contribution in [2.24, 2.45) is 5.92 Å². The first-order chi connectivity index (χ1) is 11.1. The summed E-state index contributed by atoms with van der Waals surface area (Å²) in [6.45, 7) is 3.25. The van der Waals surface area contributed by atoms with E-state index in [4.69, 9.17) is 0 Å². The number of benzene rings is 1. The second-order valence-corrected chi connectivity index (χ2v) is 7.53. The van der Waals surface area contributed by atoms with E-state index in [1.165, 1.54) is 36.0 Å². The van der Waals surface area contributed by atoms with E-state index >= 15 is 0 Å². The summed E-state index contributed by atoms with van der Waals surface area (Å²) in [7, 11) is 0. The van der Waals surface area contributed by atoms with Crippen LogP contribution in [0.5, 0.6) is 0 Å². The van der Waals surface area contributed by atoms with E-state index in [9.17, 15) is 9.90 Å². The molecule has 2 N–H and O–H groups in total. The number of β-amino-alcohol motifs (C(OH)–C–C–N with tert-alkyl or cyclic N) is 1. The fourth-order valence-electron chi connectivity index (χ4n) is 4.59. The second-order valence-electron chi connectivity index (χ2n) is 7.53. The molecule has 1 saturated heterocycles. The number of hydrogen-bond donors (Lipinski definition) is 2. The number of aliphatic hydroxyl groups is 1. The molecular weight excluding hydrogens is 288 g/mol. The van der Waals surface area contributed by atoms with Crippen LogP contribution in [0.15, 0.2) is 18.2 Å². The average Bonchev–Trinajstić information content (AvgIpc) is 2.90. The zero-order valence-electron chi connectivity index (χ0n) is 13.8. The Kier molecular flexibility index (Phi) is 3.80. The van der Waals surface area contributed by atoms with Gasteiger partial charge in [0.2, 0.25) is 0 Å². The van der Waals surface area contributed by atoms with Crippen LogP contribution < -0.4 is 5.32 Å². The SMILES string of the molecule is CC1CCN(C(=O)NC2CC3CCCc4cccc2c43)CC1O. The number of urea groups is 1. The van der Waals surface area contributed by atoms with Crippen molar-refractivity contribution in [1.82, 2.24) is 10.2 Å². The zero-order chi connectivity index (χ0) is 16.0. The highest BCUT2D eigenvalue weighted by molar-refractivity contribution is 5.75. The maximum absolute atomic E-state index is 12.6. The Hall–Kier alpha value is -1.55. The third kappa shape index (κ3) is 2.63. The normalized spacial score (nSPS) is 32.5. The lowest BCUT2D eigenvalue weighted by Crippen LogP contribution is -2.50. The highest BCUT2D eigenvalue weighted by Gasteiger charge is 2.36. The molecule has 0 radical (unpaired) electrons. The highest BCUT2D eigenvalue weighted by atomic mass is 16.3. The Morgan fingerprint density at radius 3 is 3.04 bits per heavy atom. The van der Waals surface area contributed by atoms with E-state index in [2.05, 4.69) is 30.4 Å². The zero-order valence-corrected chi connectivity index (χ0v) is 13.8. The molecule has 4 rings (SSSR count). The van der Waals surface area contributed by atoms with Crippen LogP contribution in [-0.4, -0.2) is 35.2 Å². The number of nitrogens with one attached hydrogen (secondary N) is 1. The van der Waals surface area contributed by atoms with Crippen LogP contribution >= 0.6 is 0 Å².